The lowest BCUT2D eigenvalue weighted by atomic mass is 10.0. The zero-order valence-electron chi connectivity index (χ0n) is 19.3. The molecule has 6 nitrogen and oxygen atoms in total. The highest BCUT2D eigenvalue weighted by atomic mass is 79.9. The smallest absolute Gasteiger partial charge is 0.343 e. The van der Waals surface area contributed by atoms with Crippen molar-refractivity contribution < 1.29 is 14.3 Å². The number of carbonyl (C=O) groups is 1. The van der Waals surface area contributed by atoms with Gasteiger partial charge in [-0.15, -0.1) is 0 Å². The lowest BCUT2D eigenvalue weighted by Gasteiger charge is -2.19. The fourth-order valence-corrected chi connectivity index (χ4v) is 5.19. The Hall–Kier alpha value is -3.75. The van der Waals surface area contributed by atoms with Crippen molar-refractivity contribution in [3.05, 3.63) is 126 Å². The van der Waals surface area contributed by atoms with Gasteiger partial charge in [0.15, 0.2) is 11.4 Å². The zero-order chi connectivity index (χ0) is 25.1. The molecule has 0 spiro atoms. The minimum absolute atomic E-state index is 0.141. The summed E-state index contributed by atoms with van der Waals surface area (Å²) in [7, 11) is 1.31. The van der Waals surface area contributed by atoms with E-state index in [4.69, 9.17) is 9.73 Å². The summed E-state index contributed by atoms with van der Waals surface area (Å²) >= 11 is 4.82. The SMILES string of the molecule is COC(=O)COc1ccccc1C=c1sc2n(c1=O)C(c1ccc(Br)cc1)C=C(c1ccccc1)N=2. The number of carbonyl (C=O) groups excluding carboxylic acids is 1. The molecule has 1 aliphatic rings. The van der Waals surface area contributed by atoms with Crippen LogP contribution in [0.15, 0.2) is 99.2 Å². The monoisotopic (exact) mass is 560 g/mol. The van der Waals surface area contributed by atoms with Crippen molar-refractivity contribution >= 4 is 45.0 Å². The number of ether oxygens (including phenoxy) is 2. The minimum atomic E-state index is -0.480. The third-order valence-corrected chi connectivity index (χ3v) is 7.22. The van der Waals surface area contributed by atoms with Crippen LogP contribution in [0.2, 0.25) is 0 Å². The number of hydrogen-bond donors (Lipinski definition) is 0. The average Bonchev–Trinajstić information content (AvgIpc) is 3.23. The first-order chi connectivity index (χ1) is 17.5. The van der Waals surface area contributed by atoms with Gasteiger partial charge in [0.05, 0.1) is 23.4 Å². The Morgan fingerprint density at radius 2 is 1.78 bits per heavy atom. The number of allylic oxidation sites excluding steroid dienone is 1. The number of esters is 1. The zero-order valence-corrected chi connectivity index (χ0v) is 21.7. The highest BCUT2D eigenvalue weighted by Crippen LogP contribution is 2.28. The first kappa shape index (κ1) is 24.0. The summed E-state index contributed by atoms with van der Waals surface area (Å²) in [6.45, 7) is -0.216. The second-order valence-corrected chi connectivity index (χ2v) is 9.92. The Kier molecular flexibility index (Phi) is 6.97. The van der Waals surface area contributed by atoms with Gasteiger partial charge >= 0.3 is 5.97 Å². The van der Waals surface area contributed by atoms with E-state index < -0.39 is 5.97 Å². The van der Waals surface area contributed by atoms with Crippen LogP contribution in [0.3, 0.4) is 0 Å². The van der Waals surface area contributed by atoms with Crippen molar-refractivity contribution in [2.24, 2.45) is 4.99 Å². The lowest BCUT2D eigenvalue weighted by Crippen LogP contribution is -2.36. The summed E-state index contributed by atoms with van der Waals surface area (Å²) in [5.74, 6) is 0.00952. The summed E-state index contributed by atoms with van der Waals surface area (Å²) < 4.78 is 13.5. The summed E-state index contributed by atoms with van der Waals surface area (Å²) in [6, 6.07) is 24.8. The van der Waals surface area contributed by atoms with Crippen molar-refractivity contribution in [1.82, 2.24) is 4.57 Å². The number of nitrogens with zero attached hydrogens (tertiary/aromatic N) is 2. The Morgan fingerprint density at radius 1 is 1.06 bits per heavy atom. The average molecular weight is 561 g/mol. The first-order valence-electron chi connectivity index (χ1n) is 11.2. The van der Waals surface area contributed by atoms with E-state index in [2.05, 4.69) is 20.7 Å². The maximum Gasteiger partial charge on any atom is 0.343 e. The quantitative estimate of drug-likeness (QED) is 0.329. The summed E-state index contributed by atoms with van der Waals surface area (Å²) in [4.78, 5) is 30.7. The van der Waals surface area contributed by atoms with E-state index in [1.807, 2.05) is 78.9 Å². The van der Waals surface area contributed by atoms with Gasteiger partial charge in [-0.05, 0) is 41.5 Å². The maximum atomic E-state index is 13.7. The Balaban J connectivity index is 1.65. The van der Waals surface area contributed by atoms with Crippen LogP contribution in [0.5, 0.6) is 5.75 Å². The maximum absolute atomic E-state index is 13.7. The standard InChI is InChI=1S/C28H21BrN2O4S/c1-34-26(32)17-35-24-10-6-5-9-20(24)15-25-27(33)31-23(19-11-13-21(29)14-12-19)16-22(30-28(31)36-25)18-7-3-2-4-8-18/h2-16,23H,17H2,1H3. The van der Waals surface area contributed by atoms with Crippen LogP contribution in [-0.4, -0.2) is 24.3 Å². The molecule has 2 heterocycles. The van der Waals surface area contributed by atoms with Gasteiger partial charge < -0.3 is 9.47 Å². The number of para-hydroxylation sites is 1. The van der Waals surface area contributed by atoms with Crippen LogP contribution in [0, 0.1) is 0 Å². The van der Waals surface area contributed by atoms with Crippen LogP contribution in [0.1, 0.15) is 22.7 Å². The predicted molar refractivity (Wildman–Crippen MR) is 144 cm³/mol. The predicted octanol–water partition coefficient (Wildman–Crippen LogP) is 4.32. The van der Waals surface area contributed by atoms with Crippen molar-refractivity contribution in [3.63, 3.8) is 0 Å². The van der Waals surface area contributed by atoms with E-state index >= 15 is 0 Å². The Morgan fingerprint density at radius 3 is 2.53 bits per heavy atom. The normalized spacial score (nSPS) is 15.0. The number of fused-ring (bicyclic) bond motifs is 1. The van der Waals surface area contributed by atoms with Gasteiger partial charge in [0, 0.05) is 10.0 Å². The van der Waals surface area contributed by atoms with Gasteiger partial charge in [0.2, 0.25) is 0 Å². The number of thiazole rings is 1. The molecule has 0 saturated heterocycles. The van der Waals surface area contributed by atoms with Crippen molar-refractivity contribution in [2.75, 3.05) is 13.7 Å². The van der Waals surface area contributed by atoms with Gasteiger partial charge in [-0.2, -0.15) is 0 Å². The Bertz CT molecular complexity index is 1620. The lowest BCUT2D eigenvalue weighted by molar-refractivity contribution is -0.142. The van der Waals surface area contributed by atoms with E-state index in [1.54, 1.807) is 16.7 Å². The van der Waals surface area contributed by atoms with E-state index in [-0.39, 0.29) is 18.2 Å². The van der Waals surface area contributed by atoms with Crippen molar-refractivity contribution in [2.45, 2.75) is 6.04 Å². The highest BCUT2D eigenvalue weighted by Gasteiger charge is 2.22. The van der Waals surface area contributed by atoms with Crippen molar-refractivity contribution in [3.8, 4) is 5.75 Å². The number of rotatable bonds is 6. The van der Waals surface area contributed by atoms with Crippen LogP contribution >= 0.6 is 27.3 Å². The van der Waals surface area contributed by atoms with Gasteiger partial charge in [-0.1, -0.05) is 87.9 Å². The van der Waals surface area contributed by atoms with Gasteiger partial charge in [0.25, 0.3) is 5.56 Å². The van der Waals surface area contributed by atoms with E-state index in [1.165, 1.54) is 18.4 Å². The minimum Gasteiger partial charge on any atom is -0.481 e. The van der Waals surface area contributed by atoms with Gasteiger partial charge in [-0.3, -0.25) is 9.36 Å². The number of aromatic nitrogens is 1. The molecular weight excluding hydrogens is 540 g/mol. The molecular formula is C28H21BrN2O4S. The number of methoxy groups -OCH3 is 1. The third-order valence-electron chi connectivity index (χ3n) is 5.71. The number of halogens is 1. The molecule has 0 amide bonds. The van der Waals surface area contributed by atoms with Crippen LogP contribution < -0.4 is 19.6 Å². The second-order valence-electron chi connectivity index (χ2n) is 8.00. The summed E-state index contributed by atoms with van der Waals surface area (Å²) in [5.41, 5.74) is 3.33. The number of benzene rings is 3. The molecule has 4 aromatic rings. The Labute approximate surface area is 219 Å². The second kappa shape index (κ2) is 10.5. The molecule has 36 heavy (non-hydrogen) atoms. The molecule has 0 fully saturated rings. The van der Waals surface area contributed by atoms with E-state index in [0.29, 0.717) is 20.6 Å². The highest BCUT2D eigenvalue weighted by molar-refractivity contribution is 9.10. The fourth-order valence-electron chi connectivity index (χ4n) is 3.92. The molecule has 0 saturated carbocycles. The molecule has 1 aliphatic heterocycles. The largest absolute Gasteiger partial charge is 0.481 e. The van der Waals surface area contributed by atoms with Gasteiger partial charge in [0.1, 0.15) is 5.75 Å². The molecule has 0 bridgehead atoms. The molecule has 180 valence electrons. The molecule has 5 rings (SSSR count). The van der Waals surface area contributed by atoms with E-state index in [9.17, 15) is 9.59 Å². The third kappa shape index (κ3) is 4.96. The summed E-state index contributed by atoms with van der Waals surface area (Å²) in [6.07, 6.45) is 3.80. The molecule has 8 heteroatoms. The molecule has 0 radical (unpaired) electrons. The van der Waals surface area contributed by atoms with E-state index in [0.717, 1.165) is 21.3 Å². The molecule has 3 aromatic carbocycles. The van der Waals surface area contributed by atoms with Crippen LogP contribution in [-0.2, 0) is 9.53 Å². The first-order valence-corrected chi connectivity index (χ1v) is 12.8. The molecule has 1 aromatic heterocycles. The molecule has 0 N–H and O–H groups in total. The summed E-state index contributed by atoms with van der Waals surface area (Å²) in [5, 5.41) is 0. The van der Waals surface area contributed by atoms with Crippen LogP contribution in [0.25, 0.3) is 11.8 Å². The molecule has 1 atom stereocenters. The fraction of sp³-hybridized carbons (Fsp3) is 0.107. The van der Waals surface area contributed by atoms with Crippen LogP contribution in [0.4, 0.5) is 0 Å². The topological polar surface area (TPSA) is 69.9 Å². The van der Waals surface area contributed by atoms with Gasteiger partial charge in [-0.25, -0.2) is 9.79 Å². The molecule has 0 aliphatic carbocycles. The molecule has 1 unspecified atom stereocenters. The van der Waals surface area contributed by atoms with Crippen molar-refractivity contribution in [1.29, 1.82) is 0 Å². The number of hydrogen-bond acceptors (Lipinski definition) is 6.